The molecule has 1 fully saturated rings. The van der Waals surface area contributed by atoms with Crippen LogP contribution in [0, 0.1) is 0 Å². The standard InChI is InChI=1S/C22H21N3O2/c26-22(24-20-7-2-1-3-8-20)18-6-4-5-17(15-18)19-9-10-21(23-16-19)25-11-13-27-14-12-25/h1-10,15-16H,11-14H2,(H,24,26). The largest absolute Gasteiger partial charge is 0.378 e. The van der Waals surface area contributed by atoms with Gasteiger partial charge in [-0.1, -0.05) is 30.3 Å². The van der Waals surface area contributed by atoms with Crippen molar-refractivity contribution in [3.63, 3.8) is 0 Å². The molecule has 1 amide bonds. The van der Waals surface area contributed by atoms with Crippen LogP contribution >= 0.6 is 0 Å². The number of nitrogens with one attached hydrogen (secondary N) is 1. The molecule has 1 aliphatic rings. The molecule has 27 heavy (non-hydrogen) atoms. The van der Waals surface area contributed by atoms with E-state index in [1.807, 2.05) is 72.9 Å². The van der Waals surface area contributed by atoms with E-state index in [1.165, 1.54) is 0 Å². The molecule has 4 rings (SSSR count). The normalized spacial score (nSPS) is 14.0. The van der Waals surface area contributed by atoms with E-state index >= 15 is 0 Å². The highest BCUT2D eigenvalue weighted by atomic mass is 16.5. The molecule has 5 heteroatoms. The molecule has 0 radical (unpaired) electrons. The molecule has 0 atom stereocenters. The summed E-state index contributed by atoms with van der Waals surface area (Å²) in [5.74, 6) is 0.834. The topological polar surface area (TPSA) is 54.5 Å². The molecule has 1 aromatic heterocycles. The molecule has 2 aromatic carbocycles. The van der Waals surface area contributed by atoms with Gasteiger partial charge < -0.3 is 15.0 Å². The quantitative estimate of drug-likeness (QED) is 0.769. The fourth-order valence-electron chi connectivity index (χ4n) is 3.10. The summed E-state index contributed by atoms with van der Waals surface area (Å²) in [7, 11) is 0. The van der Waals surface area contributed by atoms with E-state index in [9.17, 15) is 4.79 Å². The molecular formula is C22H21N3O2. The average Bonchev–Trinajstić information content (AvgIpc) is 2.75. The van der Waals surface area contributed by atoms with Crippen LogP contribution in [0.25, 0.3) is 11.1 Å². The highest BCUT2D eigenvalue weighted by molar-refractivity contribution is 6.04. The summed E-state index contributed by atoms with van der Waals surface area (Å²) in [6.07, 6.45) is 1.86. The zero-order valence-electron chi connectivity index (χ0n) is 15.0. The maximum Gasteiger partial charge on any atom is 0.255 e. The van der Waals surface area contributed by atoms with Crippen molar-refractivity contribution in [1.29, 1.82) is 0 Å². The second kappa shape index (κ2) is 8.01. The fourth-order valence-corrected chi connectivity index (χ4v) is 3.10. The van der Waals surface area contributed by atoms with Crippen molar-refractivity contribution in [1.82, 2.24) is 4.98 Å². The lowest BCUT2D eigenvalue weighted by Gasteiger charge is -2.27. The Balaban J connectivity index is 1.51. The number of amides is 1. The number of morpholine rings is 1. The molecule has 0 aliphatic carbocycles. The summed E-state index contributed by atoms with van der Waals surface area (Å²) in [6, 6.07) is 21.1. The summed E-state index contributed by atoms with van der Waals surface area (Å²) in [5.41, 5.74) is 3.36. The number of hydrogen-bond acceptors (Lipinski definition) is 4. The van der Waals surface area contributed by atoms with Gasteiger partial charge in [-0.05, 0) is 42.0 Å². The highest BCUT2D eigenvalue weighted by Crippen LogP contribution is 2.23. The second-order valence-corrected chi connectivity index (χ2v) is 6.41. The minimum Gasteiger partial charge on any atom is -0.378 e. The highest BCUT2D eigenvalue weighted by Gasteiger charge is 2.13. The van der Waals surface area contributed by atoms with Gasteiger partial charge in [-0.15, -0.1) is 0 Å². The lowest BCUT2D eigenvalue weighted by atomic mass is 10.0. The van der Waals surface area contributed by atoms with Crippen LogP contribution in [0.4, 0.5) is 11.5 Å². The van der Waals surface area contributed by atoms with Crippen molar-refractivity contribution >= 4 is 17.4 Å². The van der Waals surface area contributed by atoms with Crippen molar-refractivity contribution in [2.45, 2.75) is 0 Å². The molecule has 5 nitrogen and oxygen atoms in total. The van der Waals surface area contributed by atoms with Crippen LogP contribution in [0.2, 0.25) is 0 Å². The Kier molecular flexibility index (Phi) is 5.12. The Hall–Kier alpha value is -3.18. The molecule has 0 saturated carbocycles. The minimum atomic E-state index is -0.124. The summed E-state index contributed by atoms with van der Waals surface area (Å²) in [5, 5.41) is 2.92. The smallest absolute Gasteiger partial charge is 0.255 e. The monoisotopic (exact) mass is 359 g/mol. The fraction of sp³-hybridized carbons (Fsp3) is 0.182. The number of pyridine rings is 1. The third-order valence-corrected chi connectivity index (χ3v) is 4.57. The molecule has 136 valence electrons. The van der Waals surface area contributed by atoms with E-state index in [-0.39, 0.29) is 5.91 Å². The Labute approximate surface area is 158 Å². The first-order valence-electron chi connectivity index (χ1n) is 9.05. The number of rotatable bonds is 4. The van der Waals surface area contributed by atoms with Crippen molar-refractivity contribution in [3.8, 4) is 11.1 Å². The van der Waals surface area contributed by atoms with Gasteiger partial charge in [-0.2, -0.15) is 0 Å². The van der Waals surface area contributed by atoms with E-state index < -0.39 is 0 Å². The number of anilines is 2. The van der Waals surface area contributed by atoms with Crippen LogP contribution in [-0.4, -0.2) is 37.2 Å². The molecule has 1 saturated heterocycles. The van der Waals surface area contributed by atoms with Gasteiger partial charge in [0.1, 0.15) is 5.82 Å². The number of hydrogen-bond donors (Lipinski definition) is 1. The van der Waals surface area contributed by atoms with Gasteiger partial charge >= 0.3 is 0 Å². The van der Waals surface area contributed by atoms with Crippen LogP contribution in [0.5, 0.6) is 0 Å². The third-order valence-electron chi connectivity index (χ3n) is 4.57. The molecule has 2 heterocycles. The van der Waals surface area contributed by atoms with Crippen molar-refractivity contribution in [3.05, 3.63) is 78.5 Å². The predicted octanol–water partition coefficient (Wildman–Crippen LogP) is 3.84. The lowest BCUT2D eigenvalue weighted by Crippen LogP contribution is -2.36. The maximum absolute atomic E-state index is 12.5. The minimum absolute atomic E-state index is 0.124. The van der Waals surface area contributed by atoms with Crippen molar-refractivity contribution in [2.75, 3.05) is 36.5 Å². The molecule has 0 bridgehead atoms. The SMILES string of the molecule is O=C(Nc1ccccc1)c1cccc(-c2ccc(N3CCOCC3)nc2)c1. The third kappa shape index (κ3) is 4.15. The average molecular weight is 359 g/mol. The summed E-state index contributed by atoms with van der Waals surface area (Å²) in [6.45, 7) is 3.20. The van der Waals surface area contributed by atoms with Gasteiger partial charge in [0.2, 0.25) is 0 Å². The maximum atomic E-state index is 12.5. The van der Waals surface area contributed by atoms with Crippen molar-refractivity contribution < 1.29 is 9.53 Å². The summed E-state index contributed by atoms with van der Waals surface area (Å²) in [4.78, 5) is 19.3. The van der Waals surface area contributed by atoms with E-state index in [1.54, 1.807) is 0 Å². The first-order valence-corrected chi connectivity index (χ1v) is 9.05. The molecule has 1 N–H and O–H groups in total. The number of para-hydroxylation sites is 1. The van der Waals surface area contributed by atoms with Crippen LogP contribution in [-0.2, 0) is 4.74 Å². The van der Waals surface area contributed by atoms with Crippen LogP contribution in [0.15, 0.2) is 72.9 Å². The molecule has 0 unspecified atom stereocenters. The van der Waals surface area contributed by atoms with Crippen molar-refractivity contribution in [2.24, 2.45) is 0 Å². The van der Waals surface area contributed by atoms with Gasteiger partial charge in [0.25, 0.3) is 5.91 Å². The van der Waals surface area contributed by atoms with E-state index in [2.05, 4.69) is 15.2 Å². The van der Waals surface area contributed by atoms with E-state index in [4.69, 9.17) is 4.74 Å². The Morgan fingerprint density at radius 3 is 2.48 bits per heavy atom. The van der Waals surface area contributed by atoms with E-state index in [0.717, 1.165) is 48.9 Å². The number of nitrogens with zero attached hydrogens (tertiary/aromatic N) is 2. The summed E-state index contributed by atoms with van der Waals surface area (Å²) < 4.78 is 5.39. The molecule has 0 spiro atoms. The first kappa shape index (κ1) is 17.2. The van der Waals surface area contributed by atoms with Crippen LogP contribution in [0.1, 0.15) is 10.4 Å². The van der Waals surface area contributed by atoms with Gasteiger partial charge in [0.05, 0.1) is 13.2 Å². The zero-order valence-corrected chi connectivity index (χ0v) is 15.0. The van der Waals surface area contributed by atoms with Gasteiger partial charge in [-0.25, -0.2) is 4.98 Å². The zero-order chi connectivity index (χ0) is 18.5. The molecular weight excluding hydrogens is 338 g/mol. The van der Waals surface area contributed by atoms with Crippen LogP contribution < -0.4 is 10.2 Å². The predicted molar refractivity (Wildman–Crippen MR) is 107 cm³/mol. The van der Waals surface area contributed by atoms with Gasteiger partial charge in [0, 0.05) is 36.1 Å². The first-order chi connectivity index (χ1) is 13.3. The molecule has 1 aliphatic heterocycles. The lowest BCUT2D eigenvalue weighted by molar-refractivity contribution is 0.102. The number of aromatic nitrogens is 1. The number of benzene rings is 2. The number of carbonyl (C=O) groups excluding carboxylic acids is 1. The summed E-state index contributed by atoms with van der Waals surface area (Å²) >= 11 is 0. The number of ether oxygens (including phenoxy) is 1. The Morgan fingerprint density at radius 1 is 0.926 bits per heavy atom. The Bertz CT molecular complexity index is 904. The van der Waals surface area contributed by atoms with Gasteiger partial charge in [-0.3, -0.25) is 4.79 Å². The van der Waals surface area contributed by atoms with Crippen LogP contribution in [0.3, 0.4) is 0 Å². The Morgan fingerprint density at radius 2 is 1.74 bits per heavy atom. The molecule has 3 aromatic rings. The second-order valence-electron chi connectivity index (χ2n) is 6.41. The van der Waals surface area contributed by atoms with E-state index in [0.29, 0.717) is 5.56 Å². The number of carbonyl (C=O) groups is 1. The van der Waals surface area contributed by atoms with Gasteiger partial charge in [0.15, 0.2) is 0 Å².